The number of rotatable bonds is 4. The first-order valence-corrected chi connectivity index (χ1v) is 10.2. The van der Waals surface area contributed by atoms with Crippen LogP contribution in [0.3, 0.4) is 0 Å². The SMILES string of the molecule is CCc1cc(-c2n[nH]c(=S)n2-c2cccc3c2ccn3C(C)C)c(C)cc1C#N. The molecule has 0 saturated heterocycles. The predicted molar refractivity (Wildman–Crippen MR) is 119 cm³/mol. The van der Waals surface area contributed by atoms with Gasteiger partial charge in [0.15, 0.2) is 10.6 Å². The minimum Gasteiger partial charge on any atom is -0.345 e. The van der Waals surface area contributed by atoms with Gasteiger partial charge in [-0.05, 0) is 80.9 Å². The molecule has 2 aromatic heterocycles. The second kappa shape index (κ2) is 7.34. The molecule has 146 valence electrons. The molecule has 2 aromatic carbocycles. The van der Waals surface area contributed by atoms with Crippen LogP contribution in [0, 0.1) is 23.0 Å². The monoisotopic (exact) mass is 401 g/mol. The van der Waals surface area contributed by atoms with E-state index >= 15 is 0 Å². The Morgan fingerprint density at radius 1 is 1.24 bits per heavy atom. The Hall–Kier alpha value is -3.17. The third-order valence-electron chi connectivity index (χ3n) is 5.40. The van der Waals surface area contributed by atoms with Gasteiger partial charge in [0, 0.05) is 23.2 Å². The number of aryl methyl sites for hydroxylation is 2. The van der Waals surface area contributed by atoms with Crippen LogP contribution in [0.25, 0.3) is 28.0 Å². The number of fused-ring (bicyclic) bond motifs is 1. The fourth-order valence-corrected chi connectivity index (χ4v) is 4.14. The maximum Gasteiger partial charge on any atom is 0.200 e. The predicted octanol–water partition coefficient (Wildman–Crippen LogP) is 5.87. The number of aromatic amines is 1. The second-order valence-corrected chi connectivity index (χ2v) is 7.89. The van der Waals surface area contributed by atoms with Crippen molar-refractivity contribution in [3.8, 4) is 23.1 Å². The summed E-state index contributed by atoms with van der Waals surface area (Å²) in [7, 11) is 0. The third-order valence-corrected chi connectivity index (χ3v) is 5.68. The highest BCUT2D eigenvalue weighted by Crippen LogP contribution is 2.31. The zero-order chi connectivity index (χ0) is 20.7. The van der Waals surface area contributed by atoms with Crippen LogP contribution in [0.2, 0.25) is 0 Å². The molecule has 5 nitrogen and oxygen atoms in total. The van der Waals surface area contributed by atoms with Crippen LogP contribution < -0.4 is 0 Å². The van der Waals surface area contributed by atoms with E-state index in [1.165, 1.54) is 0 Å². The van der Waals surface area contributed by atoms with Crippen LogP contribution in [0.15, 0.2) is 42.6 Å². The molecule has 0 radical (unpaired) electrons. The molecule has 29 heavy (non-hydrogen) atoms. The van der Waals surface area contributed by atoms with E-state index in [1.54, 1.807) is 0 Å². The second-order valence-electron chi connectivity index (χ2n) is 7.50. The van der Waals surface area contributed by atoms with E-state index in [4.69, 9.17) is 12.2 Å². The lowest BCUT2D eigenvalue weighted by Crippen LogP contribution is -2.02. The molecule has 0 fully saturated rings. The fraction of sp³-hybridized carbons (Fsp3) is 0.261. The van der Waals surface area contributed by atoms with E-state index in [0.717, 1.165) is 45.5 Å². The summed E-state index contributed by atoms with van der Waals surface area (Å²) in [5.74, 6) is 0.761. The van der Waals surface area contributed by atoms with Gasteiger partial charge in [0.1, 0.15) is 0 Å². The van der Waals surface area contributed by atoms with Crippen LogP contribution in [0.4, 0.5) is 0 Å². The minimum absolute atomic E-state index is 0.368. The van der Waals surface area contributed by atoms with Gasteiger partial charge in [-0.25, -0.2) is 0 Å². The molecule has 1 N–H and O–H groups in total. The Labute approximate surface area is 175 Å². The van der Waals surface area contributed by atoms with Crippen molar-refractivity contribution in [3.05, 3.63) is 64.1 Å². The molecular formula is C23H23N5S. The van der Waals surface area contributed by atoms with Gasteiger partial charge in [-0.3, -0.25) is 9.67 Å². The normalized spacial score (nSPS) is 11.3. The number of nitriles is 1. The zero-order valence-electron chi connectivity index (χ0n) is 17.0. The van der Waals surface area contributed by atoms with E-state index in [2.05, 4.69) is 78.1 Å². The van der Waals surface area contributed by atoms with Crippen molar-refractivity contribution in [2.45, 2.75) is 40.2 Å². The van der Waals surface area contributed by atoms with Crippen LogP contribution in [-0.2, 0) is 6.42 Å². The van der Waals surface area contributed by atoms with Crippen molar-refractivity contribution < 1.29 is 0 Å². The molecular weight excluding hydrogens is 378 g/mol. The number of hydrogen-bond acceptors (Lipinski definition) is 3. The Kier molecular flexibility index (Phi) is 4.85. The van der Waals surface area contributed by atoms with E-state index in [0.29, 0.717) is 16.4 Å². The van der Waals surface area contributed by atoms with E-state index in [9.17, 15) is 5.26 Å². The molecule has 0 spiro atoms. The van der Waals surface area contributed by atoms with Gasteiger partial charge >= 0.3 is 0 Å². The minimum atomic E-state index is 0.368. The smallest absolute Gasteiger partial charge is 0.200 e. The van der Waals surface area contributed by atoms with E-state index in [1.807, 2.05) is 17.6 Å². The Morgan fingerprint density at radius 3 is 2.72 bits per heavy atom. The summed E-state index contributed by atoms with van der Waals surface area (Å²) in [4.78, 5) is 0. The highest BCUT2D eigenvalue weighted by molar-refractivity contribution is 7.71. The van der Waals surface area contributed by atoms with Crippen molar-refractivity contribution in [2.24, 2.45) is 0 Å². The highest BCUT2D eigenvalue weighted by atomic mass is 32.1. The maximum atomic E-state index is 9.44. The molecule has 6 heteroatoms. The van der Waals surface area contributed by atoms with Crippen molar-refractivity contribution in [1.29, 1.82) is 5.26 Å². The van der Waals surface area contributed by atoms with Gasteiger partial charge in [0.05, 0.1) is 22.8 Å². The molecule has 0 atom stereocenters. The Morgan fingerprint density at radius 2 is 2.03 bits per heavy atom. The lowest BCUT2D eigenvalue weighted by atomic mass is 9.97. The lowest BCUT2D eigenvalue weighted by Gasteiger charge is -2.14. The average Bonchev–Trinajstić information content (AvgIpc) is 3.31. The average molecular weight is 402 g/mol. The first-order chi connectivity index (χ1) is 14.0. The standard InChI is InChI=1S/C23H23N5S/c1-5-16-12-19(15(4)11-17(16)13-24)22-25-26-23(29)28(22)21-8-6-7-20-18(21)9-10-27(20)14(2)3/h6-12,14H,5H2,1-4H3,(H,26,29). The quantitative estimate of drug-likeness (QED) is 0.435. The summed E-state index contributed by atoms with van der Waals surface area (Å²) in [6.45, 7) is 8.41. The number of nitrogens with zero attached hydrogens (tertiary/aromatic N) is 4. The summed E-state index contributed by atoms with van der Waals surface area (Å²) < 4.78 is 4.80. The molecule has 0 aliphatic carbocycles. The van der Waals surface area contributed by atoms with E-state index in [-0.39, 0.29) is 0 Å². The van der Waals surface area contributed by atoms with E-state index < -0.39 is 0 Å². The van der Waals surface area contributed by atoms with Gasteiger partial charge in [-0.2, -0.15) is 10.4 Å². The molecule has 4 aromatic rings. The van der Waals surface area contributed by atoms with Gasteiger partial charge < -0.3 is 4.57 Å². The number of benzene rings is 2. The van der Waals surface area contributed by atoms with Crippen molar-refractivity contribution in [2.75, 3.05) is 0 Å². The highest BCUT2D eigenvalue weighted by Gasteiger charge is 2.18. The number of aromatic nitrogens is 4. The molecule has 4 rings (SSSR count). The topological polar surface area (TPSA) is 62.3 Å². The van der Waals surface area contributed by atoms with Crippen LogP contribution in [-0.4, -0.2) is 19.3 Å². The largest absolute Gasteiger partial charge is 0.345 e. The molecule has 2 heterocycles. The van der Waals surface area contributed by atoms with Crippen molar-refractivity contribution in [1.82, 2.24) is 19.3 Å². The summed E-state index contributed by atoms with van der Waals surface area (Å²) >= 11 is 5.62. The first-order valence-electron chi connectivity index (χ1n) is 9.77. The Bertz CT molecular complexity index is 1310. The number of H-pyrrole nitrogens is 1. The summed E-state index contributed by atoms with van der Waals surface area (Å²) in [5, 5.41) is 18.1. The summed E-state index contributed by atoms with van der Waals surface area (Å²) in [6, 6.07) is 15.1. The zero-order valence-corrected chi connectivity index (χ0v) is 17.8. The molecule has 0 amide bonds. The van der Waals surface area contributed by atoms with Crippen LogP contribution in [0.5, 0.6) is 0 Å². The van der Waals surface area contributed by atoms with Gasteiger partial charge in [0.2, 0.25) is 0 Å². The molecule has 0 unspecified atom stereocenters. The van der Waals surface area contributed by atoms with Gasteiger partial charge in [0.25, 0.3) is 0 Å². The fourth-order valence-electron chi connectivity index (χ4n) is 3.91. The van der Waals surface area contributed by atoms with Crippen LogP contribution >= 0.6 is 12.2 Å². The molecule has 0 bridgehead atoms. The lowest BCUT2D eigenvalue weighted by molar-refractivity contribution is 0.623. The maximum absolute atomic E-state index is 9.44. The van der Waals surface area contributed by atoms with Crippen LogP contribution in [0.1, 0.15) is 43.5 Å². The molecule has 0 aliphatic rings. The van der Waals surface area contributed by atoms with Crippen molar-refractivity contribution in [3.63, 3.8) is 0 Å². The van der Waals surface area contributed by atoms with Crippen molar-refractivity contribution >= 4 is 23.1 Å². The summed E-state index contributed by atoms with van der Waals surface area (Å²) in [5.41, 5.74) is 5.87. The van der Waals surface area contributed by atoms with Gasteiger partial charge in [-0.1, -0.05) is 13.0 Å². The molecule has 0 saturated carbocycles. The summed E-state index contributed by atoms with van der Waals surface area (Å²) in [6.07, 6.45) is 2.90. The molecule has 0 aliphatic heterocycles. The van der Waals surface area contributed by atoms with Gasteiger partial charge in [-0.15, -0.1) is 0 Å². The Balaban J connectivity index is 1.99. The number of nitrogens with one attached hydrogen (secondary N) is 1. The first kappa shape index (κ1) is 19.2. The number of hydrogen-bond donors (Lipinski definition) is 1. The third kappa shape index (κ3) is 3.08.